The number of hydrogen-bond donors (Lipinski definition) is 1. The van der Waals surface area contributed by atoms with Crippen molar-refractivity contribution in [2.45, 2.75) is 84.5 Å². The fourth-order valence-corrected chi connectivity index (χ4v) is 3.83. The number of carbonyl (C=O) groups is 1. The lowest BCUT2D eigenvalue weighted by atomic mass is 9.94. The van der Waals surface area contributed by atoms with E-state index in [1.54, 1.807) is 12.1 Å². The molecule has 0 fully saturated rings. The van der Waals surface area contributed by atoms with Crippen molar-refractivity contribution < 1.29 is 23.4 Å². The van der Waals surface area contributed by atoms with Crippen LogP contribution in [0.15, 0.2) is 30.3 Å². The second-order valence-corrected chi connectivity index (χ2v) is 8.35. The Morgan fingerprint density at radius 1 is 0.812 bits per heavy atom. The highest BCUT2D eigenvalue weighted by Gasteiger charge is 2.20. The zero-order valence-corrected chi connectivity index (χ0v) is 19.4. The van der Waals surface area contributed by atoms with E-state index in [1.807, 2.05) is 0 Å². The van der Waals surface area contributed by atoms with Crippen LogP contribution in [0.2, 0.25) is 0 Å². The van der Waals surface area contributed by atoms with E-state index < -0.39 is 17.6 Å². The summed E-state index contributed by atoms with van der Waals surface area (Å²) in [5, 5.41) is 9.57. The fourth-order valence-electron chi connectivity index (χ4n) is 3.83. The number of ether oxygens (including phenoxy) is 1. The van der Waals surface area contributed by atoms with Crippen molar-refractivity contribution in [1.29, 1.82) is 0 Å². The topological polar surface area (TPSA) is 46.5 Å². The molecule has 176 valence electrons. The molecule has 2 rings (SSSR count). The number of carboxylic acids is 1. The molecule has 0 unspecified atom stereocenters. The molecule has 3 nitrogen and oxygen atoms in total. The summed E-state index contributed by atoms with van der Waals surface area (Å²) in [5.41, 5.74) is 1.03. The Labute approximate surface area is 190 Å². The van der Waals surface area contributed by atoms with Gasteiger partial charge in [-0.2, -0.15) is 4.39 Å². The number of unbranched alkanes of at least 4 members (excludes halogenated alkanes) is 8. The van der Waals surface area contributed by atoms with E-state index in [0.717, 1.165) is 63.4 Å². The molecule has 0 amide bonds. The van der Waals surface area contributed by atoms with Gasteiger partial charge in [-0.25, -0.2) is 9.18 Å². The summed E-state index contributed by atoms with van der Waals surface area (Å²) in [7, 11) is 0. The minimum absolute atomic E-state index is 0.0392. The first kappa shape index (κ1) is 25.8. The molecule has 0 atom stereocenters. The number of aryl methyl sites for hydroxylation is 1. The third-order valence-corrected chi connectivity index (χ3v) is 5.73. The Hall–Kier alpha value is -2.43. The highest BCUT2D eigenvalue weighted by Crippen LogP contribution is 2.33. The lowest BCUT2D eigenvalue weighted by molar-refractivity contribution is 0.0697. The molecular weight excluding hydrogens is 410 g/mol. The normalized spacial score (nSPS) is 11.0. The third-order valence-electron chi connectivity index (χ3n) is 5.73. The maximum absolute atomic E-state index is 14.9. The monoisotopic (exact) mass is 446 g/mol. The van der Waals surface area contributed by atoms with Gasteiger partial charge in [-0.1, -0.05) is 77.3 Å². The van der Waals surface area contributed by atoms with Gasteiger partial charge in [0.15, 0.2) is 11.6 Å². The first-order valence-corrected chi connectivity index (χ1v) is 12.0. The van der Waals surface area contributed by atoms with Gasteiger partial charge in [0.25, 0.3) is 0 Å². The van der Waals surface area contributed by atoms with E-state index in [4.69, 9.17) is 4.74 Å². The summed E-state index contributed by atoms with van der Waals surface area (Å²) >= 11 is 0. The standard InChI is InChI=1S/C27H36F2O3/c1-3-5-7-9-11-13-20-14-15-22(27(30)31)23(19-20)21-16-17-24(26(29)25(21)28)32-18-12-10-8-6-4-2/h14-17,19H,3-13,18H2,1-2H3,(H,30,31). The predicted octanol–water partition coefficient (Wildman–Crippen LogP) is 8.19. The molecule has 32 heavy (non-hydrogen) atoms. The SMILES string of the molecule is CCCCCCCOc1ccc(-c2cc(CCCCCCC)ccc2C(=O)O)c(F)c1F. The minimum Gasteiger partial charge on any atom is -0.490 e. The van der Waals surface area contributed by atoms with Gasteiger partial charge in [0, 0.05) is 5.56 Å². The summed E-state index contributed by atoms with van der Waals surface area (Å²) in [5.74, 6) is -3.44. The Kier molecular flexibility index (Phi) is 11.2. The highest BCUT2D eigenvalue weighted by atomic mass is 19.2. The van der Waals surface area contributed by atoms with E-state index in [0.29, 0.717) is 6.61 Å². The number of halogens is 2. The van der Waals surface area contributed by atoms with Gasteiger partial charge in [-0.05, 0) is 48.6 Å². The molecule has 0 spiro atoms. The van der Waals surface area contributed by atoms with Crippen molar-refractivity contribution in [3.63, 3.8) is 0 Å². The van der Waals surface area contributed by atoms with Crippen LogP contribution in [0.3, 0.4) is 0 Å². The van der Waals surface area contributed by atoms with Gasteiger partial charge < -0.3 is 9.84 Å². The van der Waals surface area contributed by atoms with Crippen LogP contribution in [-0.4, -0.2) is 17.7 Å². The zero-order valence-electron chi connectivity index (χ0n) is 19.4. The summed E-state index contributed by atoms with van der Waals surface area (Å²) < 4.78 is 35.1. The number of carboxylic acid groups (broad SMARTS) is 1. The average Bonchev–Trinajstić information content (AvgIpc) is 2.78. The molecule has 1 N–H and O–H groups in total. The molecule has 0 bridgehead atoms. The molecule has 0 heterocycles. The second kappa shape index (κ2) is 13.9. The zero-order chi connectivity index (χ0) is 23.3. The fraction of sp³-hybridized carbons (Fsp3) is 0.519. The van der Waals surface area contributed by atoms with Crippen molar-refractivity contribution in [1.82, 2.24) is 0 Å². The van der Waals surface area contributed by atoms with E-state index >= 15 is 0 Å². The largest absolute Gasteiger partial charge is 0.490 e. The van der Waals surface area contributed by atoms with Gasteiger partial charge in [-0.3, -0.25) is 0 Å². The Balaban J connectivity index is 2.16. The van der Waals surface area contributed by atoms with Crippen LogP contribution in [0.5, 0.6) is 5.75 Å². The quantitative estimate of drug-likeness (QED) is 0.281. The number of rotatable bonds is 15. The number of benzene rings is 2. The van der Waals surface area contributed by atoms with E-state index in [2.05, 4.69) is 13.8 Å². The first-order valence-electron chi connectivity index (χ1n) is 12.0. The lowest BCUT2D eigenvalue weighted by Gasteiger charge is -2.13. The van der Waals surface area contributed by atoms with Crippen LogP contribution in [-0.2, 0) is 6.42 Å². The first-order chi connectivity index (χ1) is 15.5. The summed E-state index contributed by atoms with van der Waals surface area (Å²) in [6.07, 6.45) is 11.5. The van der Waals surface area contributed by atoms with Crippen molar-refractivity contribution in [2.75, 3.05) is 6.61 Å². The van der Waals surface area contributed by atoms with Gasteiger partial charge in [0.1, 0.15) is 0 Å². The Bertz CT molecular complexity index is 864. The van der Waals surface area contributed by atoms with Gasteiger partial charge in [0.2, 0.25) is 5.82 Å². The van der Waals surface area contributed by atoms with Gasteiger partial charge >= 0.3 is 5.97 Å². The van der Waals surface area contributed by atoms with Gasteiger partial charge in [-0.15, -0.1) is 0 Å². The molecule has 2 aromatic rings. The van der Waals surface area contributed by atoms with Crippen molar-refractivity contribution >= 4 is 5.97 Å². The lowest BCUT2D eigenvalue weighted by Crippen LogP contribution is -2.05. The molecule has 0 radical (unpaired) electrons. The van der Waals surface area contributed by atoms with Crippen LogP contribution < -0.4 is 4.74 Å². The van der Waals surface area contributed by atoms with Crippen molar-refractivity contribution in [3.05, 3.63) is 53.1 Å². The smallest absolute Gasteiger partial charge is 0.336 e. The van der Waals surface area contributed by atoms with Crippen LogP contribution in [0.25, 0.3) is 11.1 Å². The molecule has 2 aromatic carbocycles. The van der Waals surface area contributed by atoms with Crippen LogP contribution in [0.1, 0.15) is 94.0 Å². The van der Waals surface area contributed by atoms with Crippen LogP contribution >= 0.6 is 0 Å². The van der Waals surface area contributed by atoms with Crippen LogP contribution in [0, 0.1) is 11.6 Å². The van der Waals surface area contributed by atoms with E-state index in [1.165, 1.54) is 31.0 Å². The number of hydrogen-bond acceptors (Lipinski definition) is 2. The van der Waals surface area contributed by atoms with E-state index in [-0.39, 0.29) is 22.4 Å². The van der Waals surface area contributed by atoms with Gasteiger partial charge in [0.05, 0.1) is 12.2 Å². The predicted molar refractivity (Wildman–Crippen MR) is 125 cm³/mol. The van der Waals surface area contributed by atoms with Crippen molar-refractivity contribution in [2.24, 2.45) is 0 Å². The Morgan fingerprint density at radius 2 is 1.47 bits per heavy atom. The summed E-state index contributed by atoms with van der Waals surface area (Å²) in [6, 6.07) is 7.73. The molecule has 0 aromatic heterocycles. The summed E-state index contributed by atoms with van der Waals surface area (Å²) in [6.45, 7) is 4.62. The summed E-state index contributed by atoms with van der Waals surface area (Å²) in [4.78, 5) is 11.7. The molecule has 5 heteroatoms. The molecule has 0 saturated heterocycles. The molecule has 0 aliphatic rings. The van der Waals surface area contributed by atoms with Crippen molar-refractivity contribution in [3.8, 4) is 16.9 Å². The maximum atomic E-state index is 14.9. The van der Waals surface area contributed by atoms with Crippen LogP contribution in [0.4, 0.5) is 8.78 Å². The van der Waals surface area contributed by atoms with E-state index in [9.17, 15) is 18.7 Å². The minimum atomic E-state index is -1.17. The second-order valence-electron chi connectivity index (χ2n) is 8.35. The average molecular weight is 447 g/mol. The molecular formula is C27H36F2O3. The molecule has 0 aliphatic carbocycles. The molecule has 0 aliphatic heterocycles. The maximum Gasteiger partial charge on any atom is 0.336 e. The third kappa shape index (κ3) is 7.61. The highest BCUT2D eigenvalue weighted by molar-refractivity contribution is 5.96. The molecule has 0 saturated carbocycles. The Morgan fingerprint density at radius 3 is 2.12 bits per heavy atom. The number of aromatic carboxylic acids is 1.